The van der Waals surface area contributed by atoms with E-state index < -0.39 is 0 Å². The van der Waals surface area contributed by atoms with Gasteiger partial charge in [-0.1, -0.05) is 12.1 Å². The molecule has 2 aliphatic rings. The fourth-order valence-corrected chi connectivity index (χ4v) is 3.54. The van der Waals surface area contributed by atoms with Crippen LogP contribution >= 0.6 is 0 Å². The van der Waals surface area contributed by atoms with E-state index in [-0.39, 0.29) is 11.2 Å². The summed E-state index contributed by atoms with van der Waals surface area (Å²) in [6.45, 7) is 6.59. The Balaban J connectivity index is 1.67. The van der Waals surface area contributed by atoms with Crippen molar-refractivity contribution in [2.45, 2.75) is 31.6 Å². The summed E-state index contributed by atoms with van der Waals surface area (Å²) in [5, 5.41) is 3.42. The third-order valence-electron chi connectivity index (χ3n) is 5.16. The van der Waals surface area contributed by atoms with Crippen molar-refractivity contribution in [1.29, 1.82) is 0 Å². The highest BCUT2D eigenvalue weighted by Gasteiger charge is 2.44. The molecule has 0 bridgehead atoms. The van der Waals surface area contributed by atoms with E-state index in [4.69, 9.17) is 9.73 Å². The molecule has 132 valence electrons. The first-order chi connectivity index (χ1) is 11.7. The summed E-state index contributed by atoms with van der Waals surface area (Å²) < 4.78 is 18.4. The number of methoxy groups -OCH3 is 1. The number of hydrogen-bond donors (Lipinski definition) is 1. The molecule has 1 saturated carbocycles. The number of hydrogen-bond acceptors (Lipinski definition) is 2. The highest BCUT2D eigenvalue weighted by Crippen LogP contribution is 2.48. The van der Waals surface area contributed by atoms with Crippen LogP contribution in [0.25, 0.3) is 0 Å². The molecule has 0 amide bonds. The third kappa shape index (κ3) is 3.89. The van der Waals surface area contributed by atoms with Gasteiger partial charge in [0.15, 0.2) is 5.96 Å². The quantitative estimate of drug-likeness (QED) is 0.642. The number of benzene rings is 1. The van der Waals surface area contributed by atoms with Crippen molar-refractivity contribution in [3.8, 4) is 0 Å². The van der Waals surface area contributed by atoms with Crippen LogP contribution in [0.4, 0.5) is 4.39 Å². The maximum Gasteiger partial charge on any atom is 0.193 e. The van der Waals surface area contributed by atoms with Gasteiger partial charge in [-0.05, 0) is 43.9 Å². The molecule has 2 fully saturated rings. The van der Waals surface area contributed by atoms with Crippen LogP contribution in [0, 0.1) is 11.7 Å². The van der Waals surface area contributed by atoms with Gasteiger partial charge in [0.05, 0.1) is 13.2 Å². The van der Waals surface area contributed by atoms with E-state index in [1.54, 1.807) is 19.2 Å². The van der Waals surface area contributed by atoms with Crippen LogP contribution in [0.2, 0.25) is 0 Å². The largest absolute Gasteiger partial charge is 0.384 e. The predicted octanol–water partition coefficient (Wildman–Crippen LogP) is 2.79. The molecule has 1 aliphatic heterocycles. The summed E-state index contributed by atoms with van der Waals surface area (Å²) in [6, 6.07) is 6.94. The maximum atomic E-state index is 13.2. The SMILES string of the molecule is CCNC(=NCC1(c2ccc(F)cc2)CC1)N1CCC(COC)C1. The van der Waals surface area contributed by atoms with Gasteiger partial charge < -0.3 is 15.0 Å². The molecule has 1 atom stereocenters. The van der Waals surface area contributed by atoms with Crippen molar-refractivity contribution < 1.29 is 9.13 Å². The molecule has 4 nitrogen and oxygen atoms in total. The minimum atomic E-state index is -0.173. The number of guanidine groups is 1. The molecule has 1 aromatic rings. The lowest BCUT2D eigenvalue weighted by molar-refractivity contribution is 0.157. The van der Waals surface area contributed by atoms with Gasteiger partial charge in [0.1, 0.15) is 5.82 Å². The van der Waals surface area contributed by atoms with Gasteiger partial charge in [-0.3, -0.25) is 4.99 Å². The highest BCUT2D eigenvalue weighted by atomic mass is 19.1. The summed E-state index contributed by atoms with van der Waals surface area (Å²) in [5.74, 6) is 1.42. The van der Waals surface area contributed by atoms with Crippen LogP contribution in [0.15, 0.2) is 29.3 Å². The lowest BCUT2D eigenvalue weighted by Gasteiger charge is -2.23. The Morgan fingerprint density at radius 2 is 2.12 bits per heavy atom. The number of likely N-dealkylation sites (tertiary alicyclic amines) is 1. The lowest BCUT2D eigenvalue weighted by Crippen LogP contribution is -2.40. The van der Waals surface area contributed by atoms with Gasteiger partial charge in [-0.25, -0.2) is 4.39 Å². The second-order valence-electron chi connectivity index (χ2n) is 7.01. The molecule has 1 N–H and O–H groups in total. The van der Waals surface area contributed by atoms with Gasteiger partial charge in [0.2, 0.25) is 0 Å². The van der Waals surface area contributed by atoms with Gasteiger partial charge in [-0.15, -0.1) is 0 Å². The van der Waals surface area contributed by atoms with Crippen LogP contribution in [0.3, 0.4) is 0 Å². The number of nitrogens with zero attached hydrogens (tertiary/aromatic N) is 2. The zero-order valence-electron chi connectivity index (χ0n) is 14.7. The molecule has 0 radical (unpaired) electrons. The first-order valence-corrected chi connectivity index (χ1v) is 8.95. The zero-order valence-corrected chi connectivity index (χ0v) is 14.7. The minimum Gasteiger partial charge on any atom is -0.384 e. The molecule has 5 heteroatoms. The molecule has 1 unspecified atom stereocenters. The van der Waals surface area contributed by atoms with Gasteiger partial charge in [0.25, 0.3) is 0 Å². The van der Waals surface area contributed by atoms with Crippen molar-refractivity contribution in [2.75, 3.05) is 39.9 Å². The number of halogens is 1. The molecular weight excluding hydrogens is 305 g/mol. The second-order valence-corrected chi connectivity index (χ2v) is 7.01. The van der Waals surface area contributed by atoms with Gasteiger partial charge >= 0.3 is 0 Å². The Hall–Kier alpha value is -1.62. The van der Waals surface area contributed by atoms with Crippen LogP contribution in [-0.2, 0) is 10.2 Å². The number of aliphatic imine (C=N–C) groups is 1. The van der Waals surface area contributed by atoms with E-state index in [1.165, 1.54) is 5.56 Å². The summed E-state index contributed by atoms with van der Waals surface area (Å²) >= 11 is 0. The number of rotatable bonds is 6. The fraction of sp³-hybridized carbons (Fsp3) is 0.632. The van der Waals surface area contributed by atoms with Crippen molar-refractivity contribution in [2.24, 2.45) is 10.9 Å². The molecular formula is C19H28FN3O. The smallest absolute Gasteiger partial charge is 0.193 e. The third-order valence-corrected chi connectivity index (χ3v) is 5.16. The molecule has 1 aromatic carbocycles. The summed E-state index contributed by atoms with van der Waals surface area (Å²) in [5.41, 5.74) is 1.32. The minimum absolute atomic E-state index is 0.111. The van der Waals surface area contributed by atoms with Crippen molar-refractivity contribution in [3.05, 3.63) is 35.6 Å². The number of ether oxygens (including phenoxy) is 1. The first kappa shape index (κ1) is 17.2. The normalized spacial score (nSPS) is 22.7. The van der Waals surface area contributed by atoms with E-state index in [0.717, 1.165) is 58.0 Å². The summed E-state index contributed by atoms with van der Waals surface area (Å²) in [6.07, 6.45) is 3.42. The Kier molecular flexibility index (Phi) is 5.39. The Bertz CT molecular complexity index is 568. The standard InChI is InChI=1S/C19H28FN3O/c1-3-21-18(23-11-8-15(12-23)13-24-2)22-14-19(9-10-19)16-4-6-17(20)7-5-16/h4-7,15H,3,8-14H2,1-2H3,(H,21,22). The van der Waals surface area contributed by atoms with Crippen LogP contribution in [-0.4, -0.2) is 50.8 Å². The zero-order chi connectivity index (χ0) is 17.0. The van der Waals surface area contributed by atoms with Crippen LogP contribution in [0.5, 0.6) is 0 Å². The Morgan fingerprint density at radius 1 is 1.38 bits per heavy atom. The van der Waals surface area contributed by atoms with Gasteiger partial charge in [-0.2, -0.15) is 0 Å². The second kappa shape index (κ2) is 7.51. The van der Waals surface area contributed by atoms with E-state index in [0.29, 0.717) is 5.92 Å². The fourth-order valence-electron chi connectivity index (χ4n) is 3.54. The van der Waals surface area contributed by atoms with Crippen molar-refractivity contribution in [3.63, 3.8) is 0 Å². The monoisotopic (exact) mass is 333 g/mol. The Morgan fingerprint density at radius 3 is 2.75 bits per heavy atom. The average molecular weight is 333 g/mol. The topological polar surface area (TPSA) is 36.9 Å². The van der Waals surface area contributed by atoms with E-state index in [2.05, 4.69) is 17.1 Å². The van der Waals surface area contributed by atoms with E-state index in [1.807, 2.05) is 12.1 Å². The molecule has 0 aromatic heterocycles. The van der Waals surface area contributed by atoms with Crippen LogP contribution < -0.4 is 5.32 Å². The molecule has 3 rings (SSSR count). The predicted molar refractivity (Wildman–Crippen MR) is 94.8 cm³/mol. The maximum absolute atomic E-state index is 13.2. The van der Waals surface area contributed by atoms with E-state index in [9.17, 15) is 4.39 Å². The van der Waals surface area contributed by atoms with Crippen molar-refractivity contribution in [1.82, 2.24) is 10.2 Å². The lowest BCUT2D eigenvalue weighted by atomic mass is 9.96. The molecule has 1 saturated heterocycles. The summed E-state index contributed by atoms with van der Waals surface area (Å²) in [7, 11) is 1.77. The molecule has 1 heterocycles. The summed E-state index contributed by atoms with van der Waals surface area (Å²) in [4.78, 5) is 7.26. The van der Waals surface area contributed by atoms with Crippen molar-refractivity contribution >= 4 is 5.96 Å². The highest BCUT2D eigenvalue weighted by molar-refractivity contribution is 5.80. The van der Waals surface area contributed by atoms with Crippen LogP contribution in [0.1, 0.15) is 31.7 Å². The molecule has 1 aliphatic carbocycles. The van der Waals surface area contributed by atoms with E-state index >= 15 is 0 Å². The Labute approximate surface area is 144 Å². The molecule has 0 spiro atoms. The molecule has 24 heavy (non-hydrogen) atoms. The first-order valence-electron chi connectivity index (χ1n) is 8.95. The van der Waals surface area contributed by atoms with Gasteiger partial charge in [0, 0.05) is 38.1 Å². The number of nitrogens with one attached hydrogen (secondary N) is 1. The average Bonchev–Trinajstić information content (AvgIpc) is 3.23.